The van der Waals surface area contributed by atoms with Crippen LogP contribution in [0.2, 0.25) is 0 Å². The smallest absolute Gasteiger partial charge is 0.408 e. The SMILES string of the molecule is C[C@@H](CO)NC(=O)C[C@H]1CC=CC[C@@H](NC(=O)OCc2ccccc2)C(=O)OC[C@@H](Cc2ccccc2)NC1=O. The summed E-state index contributed by atoms with van der Waals surface area (Å²) in [5.41, 5.74) is 1.74. The van der Waals surface area contributed by atoms with Gasteiger partial charge in [0.25, 0.3) is 0 Å². The van der Waals surface area contributed by atoms with Crippen LogP contribution in [0.1, 0.15) is 37.3 Å². The molecule has 4 N–H and O–H groups in total. The first kappa shape index (κ1) is 30.4. The maximum Gasteiger partial charge on any atom is 0.408 e. The van der Waals surface area contributed by atoms with Gasteiger partial charge >= 0.3 is 12.1 Å². The minimum atomic E-state index is -1.00. The van der Waals surface area contributed by atoms with Gasteiger partial charge in [-0.05, 0) is 37.3 Å². The summed E-state index contributed by atoms with van der Waals surface area (Å²) < 4.78 is 10.8. The summed E-state index contributed by atoms with van der Waals surface area (Å²) in [5.74, 6) is -2.02. The van der Waals surface area contributed by atoms with Crippen LogP contribution in [-0.2, 0) is 36.9 Å². The summed E-state index contributed by atoms with van der Waals surface area (Å²) in [4.78, 5) is 51.1. The molecular formula is C30H37N3O7. The van der Waals surface area contributed by atoms with Gasteiger partial charge in [-0.1, -0.05) is 72.8 Å². The number of ether oxygens (including phenoxy) is 2. The van der Waals surface area contributed by atoms with Crippen molar-refractivity contribution in [2.24, 2.45) is 5.92 Å². The molecule has 0 unspecified atom stereocenters. The molecule has 1 heterocycles. The highest BCUT2D eigenvalue weighted by atomic mass is 16.6. The number of benzene rings is 2. The van der Waals surface area contributed by atoms with E-state index < -0.39 is 36.1 Å². The van der Waals surface area contributed by atoms with Crippen molar-refractivity contribution in [3.8, 4) is 0 Å². The average molecular weight is 552 g/mol. The molecular weight excluding hydrogens is 514 g/mol. The molecule has 214 valence electrons. The Morgan fingerprint density at radius 1 is 1.02 bits per heavy atom. The third-order valence-electron chi connectivity index (χ3n) is 6.33. The van der Waals surface area contributed by atoms with Gasteiger partial charge in [0, 0.05) is 12.5 Å². The lowest BCUT2D eigenvalue weighted by atomic mass is 9.97. The van der Waals surface area contributed by atoms with Crippen molar-refractivity contribution in [1.29, 1.82) is 0 Å². The summed E-state index contributed by atoms with van der Waals surface area (Å²) in [6.07, 6.45) is 3.29. The summed E-state index contributed by atoms with van der Waals surface area (Å²) in [5, 5.41) is 17.4. The molecule has 0 aliphatic carbocycles. The van der Waals surface area contributed by atoms with Crippen LogP contribution >= 0.6 is 0 Å². The predicted octanol–water partition coefficient (Wildman–Crippen LogP) is 2.41. The zero-order valence-corrected chi connectivity index (χ0v) is 22.6. The third kappa shape index (κ3) is 10.5. The Labute approximate surface area is 234 Å². The molecule has 40 heavy (non-hydrogen) atoms. The summed E-state index contributed by atoms with van der Waals surface area (Å²) >= 11 is 0. The van der Waals surface area contributed by atoms with Crippen molar-refractivity contribution in [3.05, 3.63) is 83.9 Å². The van der Waals surface area contributed by atoms with Gasteiger partial charge in [0.05, 0.1) is 18.6 Å². The van der Waals surface area contributed by atoms with Gasteiger partial charge in [0.1, 0.15) is 19.3 Å². The first-order chi connectivity index (χ1) is 19.3. The van der Waals surface area contributed by atoms with Gasteiger partial charge in [-0.3, -0.25) is 9.59 Å². The van der Waals surface area contributed by atoms with Crippen molar-refractivity contribution in [2.45, 2.75) is 57.3 Å². The molecule has 3 amide bonds. The molecule has 4 atom stereocenters. The highest BCUT2D eigenvalue weighted by molar-refractivity contribution is 5.86. The Morgan fingerprint density at radius 3 is 2.35 bits per heavy atom. The largest absolute Gasteiger partial charge is 0.462 e. The number of rotatable bonds is 9. The lowest BCUT2D eigenvalue weighted by Gasteiger charge is -2.24. The van der Waals surface area contributed by atoms with Crippen LogP contribution < -0.4 is 16.0 Å². The molecule has 1 aliphatic heterocycles. The Bertz CT molecular complexity index is 1140. The number of amides is 3. The third-order valence-corrected chi connectivity index (χ3v) is 6.33. The van der Waals surface area contributed by atoms with Crippen molar-refractivity contribution in [1.82, 2.24) is 16.0 Å². The van der Waals surface area contributed by atoms with Gasteiger partial charge in [0.15, 0.2) is 0 Å². The van der Waals surface area contributed by atoms with Crippen molar-refractivity contribution in [2.75, 3.05) is 13.2 Å². The number of hydrogen-bond donors (Lipinski definition) is 4. The molecule has 10 heteroatoms. The second kappa shape index (κ2) is 16.0. The number of cyclic esters (lactones) is 1. The van der Waals surface area contributed by atoms with Gasteiger partial charge in [-0.25, -0.2) is 9.59 Å². The van der Waals surface area contributed by atoms with Crippen LogP contribution in [0, 0.1) is 5.92 Å². The second-order valence-electron chi connectivity index (χ2n) is 9.78. The molecule has 0 spiro atoms. The van der Waals surface area contributed by atoms with E-state index in [2.05, 4.69) is 16.0 Å². The van der Waals surface area contributed by atoms with Gasteiger partial charge in [-0.2, -0.15) is 0 Å². The highest BCUT2D eigenvalue weighted by Crippen LogP contribution is 2.15. The average Bonchev–Trinajstić information content (AvgIpc) is 2.95. The molecule has 0 saturated carbocycles. The quantitative estimate of drug-likeness (QED) is 0.277. The first-order valence-electron chi connectivity index (χ1n) is 13.4. The molecule has 2 aromatic carbocycles. The second-order valence-corrected chi connectivity index (χ2v) is 9.78. The molecule has 3 rings (SSSR count). The van der Waals surface area contributed by atoms with Crippen LogP contribution in [0.4, 0.5) is 4.79 Å². The topological polar surface area (TPSA) is 143 Å². The van der Waals surface area contributed by atoms with Gasteiger partial charge in [0.2, 0.25) is 11.8 Å². The van der Waals surface area contributed by atoms with Crippen LogP contribution in [0.5, 0.6) is 0 Å². The summed E-state index contributed by atoms with van der Waals surface area (Å²) in [6.45, 7) is 1.38. The lowest BCUT2D eigenvalue weighted by molar-refractivity contribution is -0.147. The highest BCUT2D eigenvalue weighted by Gasteiger charge is 2.28. The number of carbonyl (C=O) groups is 4. The predicted molar refractivity (Wildman–Crippen MR) is 148 cm³/mol. The number of allylic oxidation sites excluding steroid dienone is 1. The first-order valence-corrected chi connectivity index (χ1v) is 13.4. The van der Waals surface area contributed by atoms with Gasteiger partial charge in [-0.15, -0.1) is 0 Å². The van der Waals surface area contributed by atoms with Crippen LogP contribution in [0.25, 0.3) is 0 Å². The molecule has 0 aromatic heterocycles. The fourth-order valence-corrected chi connectivity index (χ4v) is 4.15. The summed E-state index contributed by atoms with van der Waals surface area (Å²) in [6, 6.07) is 16.6. The van der Waals surface area contributed by atoms with E-state index in [1.165, 1.54) is 0 Å². The standard InChI is InChI=1S/C30H37N3O7/c1-21(18-34)31-27(35)17-24-14-8-9-15-26(33-30(38)40-19-23-12-6-3-7-13-23)29(37)39-20-25(32-28(24)36)16-22-10-4-2-5-11-22/h2-13,21,24-26,34H,14-20H2,1H3,(H,31,35)(H,32,36)(H,33,38)/t21-,24+,25+,26+/m0/s1. The van der Waals surface area contributed by atoms with E-state index in [-0.39, 0.29) is 50.9 Å². The summed E-state index contributed by atoms with van der Waals surface area (Å²) in [7, 11) is 0. The Morgan fingerprint density at radius 2 is 1.68 bits per heavy atom. The number of hydrogen-bond acceptors (Lipinski definition) is 7. The Kier molecular flexibility index (Phi) is 12.2. The maximum absolute atomic E-state index is 13.2. The zero-order valence-electron chi connectivity index (χ0n) is 22.6. The monoisotopic (exact) mass is 551 g/mol. The van der Waals surface area contributed by atoms with Gasteiger partial charge < -0.3 is 30.5 Å². The number of aliphatic hydroxyl groups excluding tert-OH is 1. The van der Waals surface area contributed by atoms with E-state index in [0.29, 0.717) is 6.42 Å². The molecule has 0 saturated heterocycles. The molecule has 0 bridgehead atoms. The van der Waals surface area contributed by atoms with E-state index in [0.717, 1.165) is 11.1 Å². The van der Waals surface area contributed by atoms with Crippen molar-refractivity contribution < 1.29 is 33.8 Å². The van der Waals surface area contributed by atoms with E-state index in [1.54, 1.807) is 19.1 Å². The van der Waals surface area contributed by atoms with E-state index in [1.807, 2.05) is 60.7 Å². The minimum absolute atomic E-state index is 0.0497. The van der Waals surface area contributed by atoms with E-state index in [9.17, 15) is 24.3 Å². The lowest BCUT2D eigenvalue weighted by Crippen LogP contribution is -2.47. The number of aliphatic hydroxyl groups is 1. The number of alkyl carbamates (subject to hydrolysis) is 1. The molecule has 1 aliphatic rings. The molecule has 0 radical (unpaired) electrons. The fourth-order valence-electron chi connectivity index (χ4n) is 4.15. The van der Waals surface area contributed by atoms with Crippen molar-refractivity contribution in [3.63, 3.8) is 0 Å². The fraction of sp³-hybridized carbons (Fsp3) is 0.400. The Hall–Kier alpha value is -4.18. The molecule has 10 nitrogen and oxygen atoms in total. The Balaban J connectivity index is 1.72. The number of nitrogens with one attached hydrogen (secondary N) is 3. The van der Waals surface area contributed by atoms with Crippen LogP contribution in [-0.4, -0.2) is 60.3 Å². The van der Waals surface area contributed by atoms with Crippen molar-refractivity contribution >= 4 is 23.9 Å². The zero-order chi connectivity index (χ0) is 28.7. The number of esters is 1. The number of carbonyl (C=O) groups excluding carboxylic acids is 4. The van der Waals surface area contributed by atoms with E-state index >= 15 is 0 Å². The molecule has 2 aromatic rings. The van der Waals surface area contributed by atoms with Crippen LogP contribution in [0.15, 0.2) is 72.8 Å². The van der Waals surface area contributed by atoms with Crippen LogP contribution in [0.3, 0.4) is 0 Å². The normalized spacial score (nSPS) is 20.6. The maximum atomic E-state index is 13.2. The molecule has 0 fully saturated rings. The minimum Gasteiger partial charge on any atom is -0.462 e. The van der Waals surface area contributed by atoms with E-state index in [4.69, 9.17) is 9.47 Å².